The van der Waals surface area contributed by atoms with Crippen LogP contribution in [0.4, 0.5) is 0 Å². The minimum Gasteiger partial charge on any atom is -0.497 e. The molecule has 1 N–H and O–H groups in total. The van der Waals surface area contributed by atoms with Crippen LogP contribution in [0.3, 0.4) is 0 Å². The van der Waals surface area contributed by atoms with Gasteiger partial charge in [0.05, 0.1) is 23.9 Å². The molecule has 5 heteroatoms. The lowest BCUT2D eigenvalue weighted by Gasteiger charge is -2.02. The molecule has 2 rings (SSSR count). The Morgan fingerprint density at radius 3 is 2.80 bits per heavy atom. The number of hydrogen-bond donors (Lipinski definition) is 1. The molecule has 2 aromatic rings. The number of hydrazone groups is 1. The van der Waals surface area contributed by atoms with Crippen LogP contribution in [-0.2, 0) is 0 Å². The van der Waals surface area contributed by atoms with Gasteiger partial charge in [0, 0.05) is 0 Å². The number of halogens is 1. The van der Waals surface area contributed by atoms with E-state index in [0.29, 0.717) is 10.6 Å². The fourth-order valence-electron chi connectivity index (χ4n) is 1.59. The van der Waals surface area contributed by atoms with E-state index in [0.717, 1.165) is 11.3 Å². The third-order valence-electron chi connectivity index (χ3n) is 2.59. The van der Waals surface area contributed by atoms with Gasteiger partial charge in [0.1, 0.15) is 5.75 Å². The molecule has 0 saturated carbocycles. The number of amides is 1. The van der Waals surface area contributed by atoms with Gasteiger partial charge in [-0.3, -0.25) is 4.79 Å². The third-order valence-corrected chi connectivity index (χ3v) is 2.92. The molecular weight excluding hydrogens is 276 g/mol. The molecule has 102 valence electrons. The lowest BCUT2D eigenvalue weighted by molar-refractivity contribution is 0.0955. The van der Waals surface area contributed by atoms with Crippen LogP contribution in [0, 0.1) is 0 Å². The van der Waals surface area contributed by atoms with Crippen molar-refractivity contribution in [3.8, 4) is 5.75 Å². The summed E-state index contributed by atoms with van der Waals surface area (Å²) in [7, 11) is 1.59. The number of hydrogen-bond acceptors (Lipinski definition) is 3. The van der Waals surface area contributed by atoms with Gasteiger partial charge in [-0.1, -0.05) is 35.9 Å². The molecule has 0 aromatic heterocycles. The van der Waals surface area contributed by atoms with Crippen molar-refractivity contribution in [2.75, 3.05) is 7.11 Å². The molecule has 4 nitrogen and oxygen atoms in total. The summed E-state index contributed by atoms with van der Waals surface area (Å²) in [5, 5.41) is 4.29. The summed E-state index contributed by atoms with van der Waals surface area (Å²) in [4.78, 5) is 11.8. The van der Waals surface area contributed by atoms with E-state index in [9.17, 15) is 4.79 Å². The van der Waals surface area contributed by atoms with Crippen LogP contribution >= 0.6 is 11.6 Å². The van der Waals surface area contributed by atoms with Crippen LogP contribution in [0.5, 0.6) is 5.75 Å². The molecule has 0 unspecified atom stereocenters. The van der Waals surface area contributed by atoms with E-state index in [-0.39, 0.29) is 5.91 Å². The van der Waals surface area contributed by atoms with E-state index < -0.39 is 0 Å². The van der Waals surface area contributed by atoms with E-state index >= 15 is 0 Å². The van der Waals surface area contributed by atoms with E-state index in [1.165, 1.54) is 6.21 Å². The van der Waals surface area contributed by atoms with E-state index in [1.54, 1.807) is 31.4 Å². The summed E-state index contributed by atoms with van der Waals surface area (Å²) in [5.74, 6) is 0.376. The number of nitrogens with zero attached hydrogens (tertiary/aromatic N) is 1. The number of methoxy groups -OCH3 is 1. The zero-order chi connectivity index (χ0) is 14.4. The molecule has 2 aromatic carbocycles. The predicted octanol–water partition coefficient (Wildman–Crippen LogP) is 3.11. The molecule has 0 atom stereocenters. The highest BCUT2D eigenvalue weighted by molar-refractivity contribution is 6.33. The Morgan fingerprint density at radius 1 is 1.25 bits per heavy atom. The maximum atomic E-state index is 11.8. The largest absolute Gasteiger partial charge is 0.497 e. The first-order valence-electron chi connectivity index (χ1n) is 5.92. The van der Waals surface area contributed by atoms with Crippen LogP contribution in [0.15, 0.2) is 53.6 Å². The molecule has 0 aliphatic rings. The van der Waals surface area contributed by atoms with Gasteiger partial charge in [-0.25, -0.2) is 5.43 Å². The highest BCUT2D eigenvalue weighted by Crippen LogP contribution is 2.14. The Morgan fingerprint density at radius 2 is 2.05 bits per heavy atom. The van der Waals surface area contributed by atoms with E-state index in [1.807, 2.05) is 24.3 Å². The van der Waals surface area contributed by atoms with Gasteiger partial charge in [0.25, 0.3) is 5.91 Å². The maximum Gasteiger partial charge on any atom is 0.272 e. The molecule has 1 amide bonds. The van der Waals surface area contributed by atoms with Crippen LogP contribution in [0.25, 0.3) is 0 Å². The highest BCUT2D eigenvalue weighted by Gasteiger charge is 2.07. The molecule has 0 spiro atoms. The SMILES string of the molecule is COc1cccc(C=NNC(=O)c2ccccc2Cl)c1. The van der Waals surface area contributed by atoms with Gasteiger partial charge < -0.3 is 4.74 Å². The Balaban J connectivity index is 2.03. The average molecular weight is 289 g/mol. The van der Waals surface area contributed by atoms with Crippen LogP contribution in [0.1, 0.15) is 15.9 Å². The van der Waals surface area contributed by atoms with Crippen molar-refractivity contribution >= 4 is 23.7 Å². The molecule has 0 fully saturated rings. The lowest BCUT2D eigenvalue weighted by Crippen LogP contribution is -2.17. The Hall–Kier alpha value is -2.33. The molecule has 0 radical (unpaired) electrons. The van der Waals surface area contributed by atoms with Gasteiger partial charge in [-0.2, -0.15) is 5.10 Å². The monoisotopic (exact) mass is 288 g/mol. The molecule has 0 bridgehead atoms. The minimum atomic E-state index is -0.352. The molecule has 0 heterocycles. The van der Waals surface area contributed by atoms with E-state index in [4.69, 9.17) is 16.3 Å². The van der Waals surface area contributed by atoms with Gasteiger partial charge >= 0.3 is 0 Å². The lowest BCUT2D eigenvalue weighted by atomic mass is 10.2. The molecule has 20 heavy (non-hydrogen) atoms. The van der Waals surface area contributed by atoms with Crippen LogP contribution in [0.2, 0.25) is 5.02 Å². The average Bonchev–Trinajstić information content (AvgIpc) is 2.48. The van der Waals surface area contributed by atoms with Crippen molar-refractivity contribution in [1.29, 1.82) is 0 Å². The van der Waals surface area contributed by atoms with Crippen molar-refractivity contribution < 1.29 is 9.53 Å². The first-order valence-corrected chi connectivity index (χ1v) is 6.30. The summed E-state index contributed by atoms with van der Waals surface area (Å²) in [6.45, 7) is 0. The summed E-state index contributed by atoms with van der Waals surface area (Å²) in [6, 6.07) is 14.1. The minimum absolute atomic E-state index is 0.352. The molecule has 0 aliphatic heterocycles. The Bertz CT molecular complexity index is 641. The summed E-state index contributed by atoms with van der Waals surface area (Å²) in [6.07, 6.45) is 1.54. The quantitative estimate of drug-likeness (QED) is 0.694. The van der Waals surface area contributed by atoms with Gasteiger partial charge in [-0.05, 0) is 29.8 Å². The fraction of sp³-hybridized carbons (Fsp3) is 0.0667. The number of rotatable bonds is 4. The highest BCUT2D eigenvalue weighted by atomic mass is 35.5. The number of ether oxygens (including phenoxy) is 1. The normalized spacial score (nSPS) is 10.5. The predicted molar refractivity (Wildman–Crippen MR) is 79.5 cm³/mol. The third kappa shape index (κ3) is 3.59. The van der Waals surface area contributed by atoms with Crippen LogP contribution in [-0.4, -0.2) is 19.2 Å². The summed E-state index contributed by atoms with van der Waals surface area (Å²) < 4.78 is 5.10. The second kappa shape index (κ2) is 6.73. The summed E-state index contributed by atoms with van der Waals surface area (Å²) >= 11 is 5.93. The second-order valence-corrected chi connectivity index (χ2v) is 4.36. The van der Waals surface area contributed by atoms with Gasteiger partial charge in [0.15, 0.2) is 0 Å². The maximum absolute atomic E-state index is 11.8. The van der Waals surface area contributed by atoms with Crippen molar-refractivity contribution in [2.45, 2.75) is 0 Å². The summed E-state index contributed by atoms with van der Waals surface area (Å²) in [5.41, 5.74) is 3.64. The first-order chi connectivity index (χ1) is 9.70. The van der Waals surface area contributed by atoms with Crippen molar-refractivity contribution in [1.82, 2.24) is 5.43 Å². The fourth-order valence-corrected chi connectivity index (χ4v) is 1.81. The Kier molecular flexibility index (Phi) is 4.74. The van der Waals surface area contributed by atoms with E-state index in [2.05, 4.69) is 10.5 Å². The topological polar surface area (TPSA) is 50.7 Å². The van der Waals surface area contributed by atoms with Crippen molar-refractivity contribution in [2.24, 2.45) is 5.10 Å². The van der Waals surface area contributed by atoms with Gasteiger partial charge in [0.2, 0.25) is 0 Å². The van der Waals surface area contributed by atoms with Crippen LogP contribution < -0.4 is 10.2 Å². The van der Waals surface area contributed by atoms with Crippen molar-refractivity contribution in [3.63, 3.8) is 0 Å². The Labute approximate surface area is 122 Å². The van der Waals surface area contributed by atoms with Gasteiger partial charge in [-0.15, -0.1) is 0 Å². The standard InChI is InChI=1S/C15H13ClN2O2/c1-20-12-6-4-5-11(9-12)10-17-18-15(19)13-7-2-3-8-14(13)16/h2-10H,1H3,(H,18,19). The zero-order valence-corrected chi connectivity index (χ0v) is 11.6. The smallest absolute Gasteiger partial charge is 0.272 e. The second-order valence-electron chi connectivity index (χ2n) is 3.96. The number of carbonyl (C=O) groups excluding carboxylic acids is 1. The van der Waals surface area contributed by atoms with Crippen molar-refractivity contribution in [3.05, 3.63) is 64.7 Å². The zero-order valence-electron chi connectivity index (χ0n) is 10.8. The molecule has 0 aliphatic carbocycles. The number of carbonyl (C=O) groups is 1. The molecular formula is C15H13ClN2O2. The number of benzene rings is 2. The number of nitrogens with one attached hydrogen (secondary N) is 1. The molecule has 0 saturated heterocycles. The first kappa shape index (κ1) is 14.1.